The number of nitrogens with two attached hydrogens (primary N) is 2. The fourth-order valence-electron chi connectivity index (χ4n) is 1.25. The van der Waals surface area contributed by atoms with Crippen molar-refractivity contribution in [3.8, 4) is 12.3 Å². The molecule has 18 heavy (non-hydrogen) atoms. The van der Waals surface area contributed by atoms with Gasteiger partial charge in [0, 0.05) is 12.1 Å². The van der Waals surface area contributed by atoms with Crippen molar-refractivity contribution in [1.82, 2.24) is 0 Å². The van der Waals surface area contributed by atoms with Crippen LogP contribution >= 0.6 is 11.6 Å². The fraction of sp³-hybridized carbons (Fsp3) is 0.167. The number of halogens is 1. The molecule has 0 aromatic heterocycles. The summed E-state index contributed by atoms with van der Waals surface area (Å²) in [7, 11) is 0. The second-order valence-corrected chi connectivity index (χ2v) is 3.97. The molecule has 0 saturated heterocycles. The highest BCUT2D eigenvalue weighted by molar-refractivity contribution is 6.34. The molecule has 2 amide bonds. The van der Waals surface area contributed by atoms with Crippen LogP contribution in [0.4, 0.5) is 5.69 Å². The molecule has 1 aromatic rings. The highest BCUT2D eigenvalue weighted by atomic mass is 35.5. The number of benzene rings is 1. The molecule has 0 spiro atoms. The van der Waals surface area contributed by atoms with Gasteiger partial charge in [0.2, 0.25) is 11.8 Å². The number of carbonyl (C=O) groups is 2. The van der Waals surface area contributed by atoms with Gasteiger partial charge in [-0.25, -0.2) is 0 Å². The minimum Gasteiger partial charge on any atom is -0.366 e. The van der Waals surface area contributed by atoms with Gasteiger partial charge in [0.1, 0.15) is 0 Å². The van der Waals surface area contributed by atoms with Crippen molar-refractivity contribution < 1.29 is 9.59 Å². The minimum atomic E-state index is -0.803. The van der Waals surface area contributed by atoms with Crippen LogP contribution < -0.4 is 16.8 Å². The van der Waals surface area contributed by atoms with Crippen LogP contribution in [-0.4, -0.2) is 17.9 Å². The SMILES string of the molecule is C#CCC(N)C(=O)Nc1ccc(Cl)c(C(N)=O)c1. The van der Waals surface area contributed by atoms with Crippen LogP contribution in [0.2, 0.25) is 5.02 Å². The average Bonchev–Trinajstić information content (AvgIpc) is 2.31. The predicted molar refractivity (Wildman–Crippen MR) is 70.0 cm³/mol. The van der Waals surface area contributed by atoms with Crippen LogP contribution in [0.3, 0.4) is 0 Å². The summed E-state index contributed by atoms with van der Waals surface area (Å²) >= 11 is 5.78. The topological polar surface area (TPSA) is 98.2 Å². The van der Waals surface area contributed by atoms with E-state index in [9.17, 15) is 9.59 Å². The summed E-state index contributed by atoms with van der Waals surface area (Å²) in [5.74, 6) is 1.18. The Morgan fingerprint density at radius 2 is 2.17 bits per heavy atom. The highest BCUT2D eigenvalue weighted by Gasteiger charge is 2.14. The van der Waals surface area contributed by atoms with E-state index in [1.165, 1.54) is 18.2 Å². The number of hydrogen-bond donors (Lipinski definition) is 3. The second-order valence-electron chi connectivity index (χ2n) is 3.56. The van der Waals surface area contributed by atoms with Crippen LogP contribution in [0.1, 0.15) is 16.8 Å². The van der Waals surface area contributed by atoms with Crippen molar-refractivity contribution in [1.29, 1.82) is 0 Å². The molecule has 1 unspecified atom stereocenters. The maximum absolute atomic E-state index is 11.6. The van der Waals surface area contributed by atoms with Crippen molar-refractivity contribution in [2.45, 2.75) is 12.5 Å². The maximum atomic E-state index is 11.6. The summed E-state index contributed by atoms with van der Waals surface area (Å²) in [4.78, 5) is 22.7. The number of nitrogens with one attached hydrogen (secondary N) is 1. The zero-order chi connectivity index (χ0) is 13.7. The van der Waals surface area contributed by atoms with E-state index in [2.05, 4.69) is 11.2 Å². The molecule has 0 radical (unpaired) electrons. The molecule has 0 aliphatic rings. The molecular weight excluding hydrogens is 254 g/mol. The first-order valence-corrected chi connectivity index (χ1v) is 5.42. The van der Waals surface area contributed by atoms with E-state index < -0.39 is 17.9 Å². The lowest BCUT2D eigenvalue weighted by molar-refractivity contribution is -0.117. The fourth-order valence-corrected chi connectivity index (χ4v) is 1.46. The lowest BCUT2D eigenvalue weighted by atomic mass is 10.1. The summed E-state index contributed by atoms with van der Waals surface area (Å²) in [5.41, 5.74) is 11.2. The third-order valence-corrected chi connectivity index (χ3v) is 2.50. The van der Waals surface area contributed by atoms with Gasteiger partial charge >= 0.3 is 0 Å². The van der Waals surface area contributed by atoms with E-state index >= 15 is 0 Å². The van der Waals surface area contributed by atoms with Crippen LogP contribution in [0.15, 0.2) is 18.2 Å². The van der Waals surface area contributed by atoms with Gasteiger partial charge < -0.3 is 16.8 Å². The molecule has 0 saturated carbocycles. The van der Waals surface area contributed by atoms with Crippen molar-refractivity contribution in [3.63, 3.8) is 0 Å². The average molecular weight is 266 g/mol. The van der Waals surface area contributed by atoms with E-state index in [0.717, 1.165) is 0 Å². The number of anilines is 1. The van der Waals surface area contributed by atoms with Gasteiger partial charge in [-0.2, -0.15) is 0 Å². The summed E-state index contributed by atoms with van der Waals surface area (Å²) in [6.45, 7) is 0. The third-order valence-electron chi connectivity index (χ3n) is 2.17. The Bertz CT molecular complexity index is 523. The van der Waals surface area contributed by atoms with E-state index in [1.54, 1.807) is 0 Å². The normalized spacial score (nSPS) is 11.4. The number of rotatable bonds is 4. The monoisotopic (exact) mass is 265 g/mol. The van der Waals surface area contributed by atoms with E-state index in [4.69, 9.17) is 29.5 Å². The van der Waals surface area contributed by atoms with Crippen LogP contribution in [-0.2, 0) is 4.79 Å². The van der Waals surface area contributed by atoms with Crippen molar-refractivity contribution in [2.75, 3.05) is 5.32 Å². The molecule has 0 bridgehead atoms. The molecule has 6 heteroatoms. The molecule has 1 aromatic carbocycles. The Hall–Kier alpha value is -2.03. The lowest BCUT2D eigenvalue weighted by Gasteiger charge is -2.10. The second kappa shape index (κ2) is 6.05. The minimum absolute atomic E-state index is 0.125. The summed E-state index contributed by atoms with van der Waals surface area (Å²) in [6, 6.07) is 3.58. The van der Waals surface area contributed by atoms with Crippen LogP contribution in [0.25, 0.3) is 0 Å². The first kappa shape index (κ1) is 14.0. The smallest absolute Gasteiger partial charge is 0.250 e. The lowest BCUT2D eigenvalue weighted by Crippen LogP contribution is -2.35. The summed E-state index contributed by atoms with van der Waals surface area (Å²) in [6.07, 6.45) is 5.18. The van der Waals surface area contributed by atoms with Gasteiger partial charge in [0.25, 0.3) is 0 Å². The molecule has 1 rings (SSSR count). The molecular formula is C12H12ClN3O2. The Labute approximate surface area is 109 Å². The van der Waals surface area contributed by atoms with Crippen molar-refractivity contribution >= 4 is 29.1 Å². The third kappa shape index (κ3) is 3.48. The molecule has 0 fully saturated rings. The number of hydrogen-bond acceptors (Lipinski definition) is 3. The van der Waals surface area contributed by atoms with Crippen molar-refractivity contribution in [2.24, 2.45) is 11.5 Å². The largest absolute Gasteiger partial charge is 0.366 e. The van der Waals surface area contributed by atoms with E-state index in [-0.39, 0.29) is 17.0 Å². The van der Waals surface area contributed by atoms with Crippen molar-refractivity contribution in [3.05, 3.63) is 28.8 Å². The molecule has 1 atom stereocenters. The standard InChI is InChI=1S/C12H12ClN3O2/c1-2-3-10(14)12(18)16-7-4-5-9(13)8(6-7)11(15)17/h1,4-6,10H,3,14H2,(H2,15,17)(H,16,18). The van der Waals surface area contributed by atoms with E-state index in [1.807, 2.05) is 0 Å². The Morgan fingerprint density at radius 3 is 2.72 bits per heavy atom. The van der Waals surface area contributed by atoms with Gasteiger partial charge in [-0.1, -0.05) is 11.6 Å². The summed E-state index contributed by atoms with van der Waals surface area (Å²) < 4.78 is 0. The Balaban J connectivity index is 2.86. The molecule has 94 valence electrons. The van der Waals surface area contributed by atoms with Crippen LogP contribution in [0.5, 0.6) is 0 Å². The van der Waals surface area contributed by atoms with Gasteiger partial charge in [-0.3, -0.25) is 9.59 Å². The Kier molecular flexibility index (Phi) is 4.72. The molecule has 0 aliphatic heterocycles. The zero-order valence-electron chi connectivity index (χ0n) is 9.44. The quantitative estimate of drug-likeness (QED) is 0.700. The molecule has 5 nitrogen and oxygen atoms in total. The maximum Gasteiger partial charge on any atom is 0.250 e. The molecule has 0 aliphatic carbocycles. The Morgan fingerprint density at radius 1 is 1.50 bits per heavy atom. The number of primary amides is 1. The van der Waals surface area contributed by atoms with Gasteiger partial charge in [0.15, 0.2) is 0 Å². The zero-order valence-corrected chi connectivity index (χ0v) is 10.2. The molecule has 0 heterocycles. The number of amides is 2. The first-order chi connectivity index (χ1) is 8.45. The van der Waals surface area contributed by atoms with Gasteiger partial charge in [-0.15, -0.1) is 12.3 Å². The number of carbonyl (C=O) groups excluding carboxylic acids is 2. The van der Waals surface area contributed by atoms with Gasteiger partial charge in [-0.05, 0) is 18.2 Å². The number of terminal acetylenes is 1. The predicted octanol–water partition coefficient (Wildman–Crippen LogP) is 0.728. The van der Waals surface area contributed by atoms with Gasteiger partial charge in [0.05, 0.1) is 16.6 Å². The van der Waals surface area contributed by atoms with Crippen LogP contribution in [0, 0.1) is 12.3 Å². The highest BCUT2D eigenvalue weighted by Crippen LogP contribution is 2.20. The van der Waals surface area contributed by atoms with E-state index in [0.29, 0.717) is 5.69 Å². The summed E-state index contributed by atoms with van der Waals surface area (Å²) in [5, 5.41) is 2.74. The molecule has 5 N–H and O–H groups in total. The first-order valence-electron chi connectivity index (χ1n) is 5.05.